The first-order valence-electron chi connectivity index (χ1n) is 10.2. The Bertz CT molecular complexity index is 1280. The molecule has 0 unspecified atom stereocenters. The Kier molecular flexibility index (Phi) is 5.10. The highest BCUT2D eigenvalue weighted by Crippen LogP contribution is 2.34. The Labute approximate surface area is 184 Å². The average molecular weight is 433 g/mol. The second-order valence-corrected chi connectivity index (χ2v) is 7.72. The van der Waals surface area contributed by atoms with E-state index < -0.39 is 0 Å². The number of fused-ring (bicyclic) bond motifs is 1. The minimum Gasteiger partial charge on any atom is -0.493 e. The fraction of sp³-hybridized carbons (Fsp3) is 0.304. The summed E-state index contributed by atoms with van der Waals surface area (Å²) < 4.78 is 24.1. The molecule has 5 rings (SSSR count). The number of hydrogen-bond donors (Lipinski definition) is 0. The minimum atomic E-state index is -0.0809. The molecule has 0 spiro atoms. The maximum absolute atomic E-state index is 6.16. The predicted octanol–water partition coefficient (Wildman–Crippen LogP) is 3.90. The molecular weight excluding hydrogens is 410 g/mol. The van der Waals surface area contributed by atoms with E-state index in [1.54, 1.807) is 26.4 Å². The third-order valence-corrected chi connectivity index (χ3v) is 5.64. The fourth-order valence-corrected chi connectivity index (χ4v) is 3.96. The van der Waals surface area contributed by atoms with Crippen molar-refractivity contribution in [1.29, 1.82) is 0 Å². The van der Waals surface area contributed by atoms with E-state index in [-0.39, 0.29) is 6.10 Å². The van der Waals surface area contributed by atoms with Gasteiger partial charge in [0.25, 0.3) is 5.89 Å². The Morgan fingerprint density at radius 1 is 1.03 bits per heavy atom. The SMILES string of the molecule is COc1ccc(-c2noc(-c3nnn4c3CO[C@@H](c3ccc(C)cc3C)C4)n2)cc1OC. The van der Waals surface area contributed by atoms with Crippen LogP contribution in [-0.2, 0) is 17.9 Å². The van der Waals surface area contributed by atoms with Crippen LogP contribution >= 0.6 is 0 Å². The van der Waals surface area contributed by atoms with Crippen LogP contribution in [0.5, 0.6) is 11.5 Å². The predicted molar refractivity (Wildman–Crippen MR) is 115 cm³/mol. The van der Waals surface area contributed by atoms with Crippen molar-refractivity contribution in [2.45, 2.75) is 33.1 Å². The third kappa shape index (κ3) is 3.50. The van der Waals surface area contributed by atoms with Gasteiger partial charge in [-0.2, -0.15) is 4.98 Å². The molecule has 1 aliphatic rings. The topological polar surface area (TPSA) is 97.3 Å². The van der Waals surface area contributed by atoms with Crippen LogP contribution < -0.4 is 9.47 Å². The Hall–Kier alpha value is -3.72. The van der Waals surface area contributed by atoms with Crippen molar-refractivity contribution in [1.82, 2.24) is 25.1 Å². The number of rotatable bonds is 5. The number of aromatic nitrogens is 5. The van der Waals surface area contributed by atoms with Crippen LogP contribution in [0.25, 0.3) is 23.0 Å². The van der Waals surface area contributed by atoms with Gasteiger partial charge in [0.15, 0.2) is 17.2 Å². The molecule has 3 heterocycles. The van der Waals surface area contributed by atoms with Gasteiger partial charge >= 0.3 is 0 Å². The number of aryl methyl sites for hydroxylation is 2. The van der Waals surface area contributed by atoms with Crippen LogP contribution in [0.2, 0.25) is 0 Å². The van der Waals surface area contributed by atoms with Crippen molar-refractivity contribution in [2.24, 2.45) is 0 Å². The number of methoxy groups -OCH3 is 2. The van der Waals surface area contributed by atoms with Gasteiger partial charge in [0.1, 0.15) is 6.10 Å². The summed E-state index contributed by atoms with van der Waals surface area (Å²) in [7, 11) is 3.17. The first-order valence-corrected chi connectivity index (χ1v) is 10.2. The van der Waals surface area contributed by atoms with Crippen molar-refractivity contribution in [3.05, 3.63) is 58.8 Å². The molecule has 0 bridgehead atoms. The average Bonchev–Trinajstić information content (AvgIpc) is 3.45. The van der Waals surface area contributed by atoms with Crippen LogP contribution in [0.1, 0.15) is 28.5 Å². The molecule has 2 aromatic heterocycles. The number of ether oxygens (including phenoxy) is 3. The number of benzene rings is 2. The van der Waals surface area contributed by atoms with Gasteiger partial charge in [-0.3, -0.25) is 0 Å². The zero-order valence-corrected chi connectivity index (χ0v) is 18.3. The molecule has 164 valence electrons. The van der Waals surface area contributed by atoms with E-state index in [9.17, 15) is 0 Å². The fourth-order valence-electron chi connectivity index (χ4n) is 3.96. The van der Waals surface area contributed by atoms with Gasteiger partial charge in [-0.05, 0) is 43.2 Å². The highest BCUT2D eigenvalue weighted by molar-refractivity contribution is 5.63. The first-order chi connectivity index (χ1) is 15.6. The lowest BCUT2D eigenvalue weighted by molar-refractivity contribution is -0.00153. The third-order valence-electron chi connectivity index (χ3n) is 5.64. The summed E-state index contributed by atoms with van der Waals surface area (Å²) in [5, 5.41) is 12.7. The molecule has 0 radical (unpaired) electrons. The van der Waals surface area contributed by atoms with E-state index >= 15 is 0 Å². The van der Waals surface area contributed by atoms with Gasteiger partial charge in [-0.15, -0.1) is 5.10 Å². The molecule has 4 aromatic rings. The lowest BCUT2D eigenvalue weighted by atomic mass is 10.0. The summed E-state index contributed by atoms with van der Waals surface area (Å²) in [6.45, 7) is 5.11. The van der Waals surface area contributed by atoms with E-state index in [4.69, 9.17) is 18.7 Å². The molecule has 1 atom stereocenters. The molecule has 0 fully saturated rings. The summed E-state index contributed by atoms with van der Waals surface area (Å²) in [6, 6.07) is 11.8. The van der Waals surface area contributed by atoms with Crippen LogP contribution in [0.4, 0.5) is 0 Å². The normalized spacial score (nSPS) is 15.4. The standard InChI is InChI=1S/C23H23N5O4/c1-13-5-7-16(14(2)9-13)20-11-28-17(12-31-20)21(25-27-28)23-24-22(26-32-23)15-6-8-18(29-3)19(10-15)30-4/h5-10,20H,11-12H2,1-4H3/t20-/m1/s1. The van der Waals surface area contributed by atoms with Crippen molar-refractivity contribution < 1.29 is 18.7 Å². The second-order valence-electron chi connectivity index (χ2n) is 7.72. The molecule has 2 aromatic carbocycles. The second kappa shape index (κ2) is 8.08. The maximum Gasteiger partial charge on any atom is 0.280 e. The maximum atomic E-state index is 6.16. The van der Waals surface area contributed by atoms with Crippen molar-refractivity contribution in [3.8, 4) is 34.5 Å². The molecule has 32 heavy (non-hydrogen) atoms. The zero-order valence-electron chi connectivity index (χ0n) is 18.3. The van der Waals surface area contributed by atoms with E-state index in [1.807, 2.05) is 10.7 Å². The van der Waals surface area contributed by atoms with Gasteiger partial charge < -0.3 is 18.7 Å². The summed E-state index contributed by atoms with van der Waals surface area (Å²) in [5.74, 6) is 1.93. The van der Waals surface area contributed by atoms with Gasteiger partial charge in [-0.25, -0.2) is 4.68 Å². The molecule has 0 N–H and O–H groups in total. The Morgan fingerprint density at radius 3 is 2.66 bits per heavy atom. The minimum absolute atomic E-state index is 0.0809. The van der Waals surface area contributed by atoms with Crippen LogP contribution in [0, 0.1) is 13.8 Å². The zero-order chi connectivity index (χ0) is 22.2. The summed E-state index contributed by atoms with van der Waals surface area (Å²) in [6.07, 6.45) is -0.0809. The van der Waals surface area contributed by atoms with Crippen LogP contribution in [0.15, 0.2) is 40.9 Å². The molecule has 0 amide bonds. The number of nitrogens with zero attached hydrogens (tertiary/aromatic N) is 5. The van der Waals surface area contributed by atoms with Crippen molar-refractivity contribution in [3.63, 3.8) is 0 Å². The lowest BCUT2D eigenvalue weighted by Gasteiger charge is -2.25. The Balaban J connectivity index is 1.41. The van der Waals surface area contributed by atoms with E-state index in [1.165, 1.54) is 11.1 Å². The highest BCUT2D eigenvalue weighted by atomic mass is 16.5. The quantitative estimate of drug-likeness (QED) is 0.467. The van der Waals surface area contributed by atoms with Crippen LogP contribution in [0.3, 0.4) is 0 Å². The van der Waals surface area contributed by atoms with Gasteiger partial charge in [0.2, 0.25) is 5.82 Å². The van der Waals surface area contributed by atoms with Crippen molar-refractivity contribution >= 4 is 0 Å². The summed E-state index contributed by atoms with van der Waals surface area (Å²) >= 11 is 0. The lowest BCUT2D eigenvalue weighted by Crippen LogP contribution is -2.22. The molecule has 0 aliphatic carbocycles. The largest absolute Gasteiger partial charge is 0.493 e. The van der Waals surface area contributed by atoms with E-state index in [2.05, 4.69) is 52.5 Å². The molecular formula is C23H23N5O4. The monoisotopic (exact) mass is 433 g/mol. The number of hydrogen-bond acceptors (Lipinski definition) is 8. The van der Waals surface area contributed by atoms with Gasteiger partial charge in [0.05, 0.1) is 33.1 Å². The first kappa shape index (κ1) is 20.2. The van der Waals surface area contributed by atoms with Crippen LogP contribution in [-0.4, -0.2) is 39.4 Å². The molecule has 9 heteroatoms. The molecule has 0 saturated carbocycles. The summed E-state index contributed by atoms with van der Waals surface area (Å²) in [5.41, 5.74) is 5.68. The smallest absolute Gasteiger partial charge is 0.280 e. The van der Waals surface area contributed by atoms with E-state index in [0.29, 0.717) is 42.1 Å². The molecule has 0 saturated heterocycles. The highest BCUT2D eigenvalue weighted by Gasteiger charge is 2.28. The summed E-state index contributed by atoms with van der Waals surface area (Å²) in [4.78, 5) is 4.52. The Morgan fingerprint density at radius 2 is 1.88 bits per heavy atom. The van der Waals surface area contributed by atoms with Crippen molar-refractivity contribution in [2.75, 3.05) is 14.2 Å². The van der Waals surface area contributed by atoms with E-state index in [0.717, 1.165) is 16.8 Å². The van der Waals surface area contributed by atoms with Gasteiger partial charge in [-0.1, -0.05) is 34.1 Å². The van der Waals surface area contributed by atoms with Gasteiger partial charge in [0, 0.05) is 5.56 Å². The molecule has 1 aliphatic heterocycles. The molecule has 9 nitrogen and oxygen atoms in total.